The van der Waals surface area contributed by atoms with Crippen molar-refractivity contribution in [3.63, 3.8) is 0 Å². The number of hydrogen-bond acceptors (Lipinski definition) is 0. The van der Waals surface area contributed by atoms with Crippen molar-refractivity contribution >= 4 is 21.8 Å². The fraction of sp³-hybridized carbons (Fsp3) is 0.0455. The lowest BCUT2D eigenvalue weighted by Gasteiger charge is -2.47. The fourth-order valence-corrected chi connectivity index (χ4v) is 8.95. The number of benzene rings is 7. The first-order valence-electron chi connectivity index (χ1n) is 15.8. The van der Waals surface area contributed by atoms with Crippen LogP contribution in [0.1, 0.15) is 44.5 Å². The van der Waals surface area contributed by atoms with Crippen LogP contribution in [0.2, 0.25) is 0 Å². The number of nitrogens with zero attached hydrogens (tertiary/aromatic N) is 1. The van der Waals surface area contributed by atoms with E-state index >= 15 is 0 Å². The van der Waals surface area contributed by atoms with Gasteiger partial charge in [0, 0.05) is 10.8 Å². The molecule has 8 aromatic rings. The van der Waals surface area contributed by atoms with Crippen molar-refractivity contribution in [3.05, 3.63) is 220 Å². The van der Waals surface area contributed by atoms with Crippen molar-refractivity contribution in [2.45, 2.75) is 10.8 Å². The standard InChI is InChI=1S/C44H29N/c1-5-16-30(17-6-1)43(31-18-7-2-8-19-31)36-26-13-24-34-35-25-14-27-37-41(35)45(40(34)36)42-38(43)28-15-29-39(42)44(37,32-20-9-3-10-21-32)33-22-11-4-12-23-33/h1-29H. The Morgan fingerprint density at radius 3 is 0.956 bits per heavy atom. The topological polar surface area (TPSA) is 4.93 Å². The first-order valence-corrected chi connectivity index (χ1v) is 15.8. The monoisotopic (exact) mass is 571 g/mol. The van der Waals surface area contributed by atoms with Gasteiger partial charge in [-0.15, -0.1) is 0 Å². The molecule has 0 amide bonds. The van der Waals surface area contributed by atoms with Crippen molar-refractivity contribution < 1.29 is 0 Å². The van der Waals surface area contributed by atoms with Gasteiger partial charge in [-0.2, -0.15) is 0 Å². The molecule has 0 bridgehead atoms. The predicted octanol–water partition coefficient (Wildman–Crippen LogP) is 10.2. The van der Waals surface area contributed by atoms with Crippen LogP contribution in [-0.2, 0) is 10.8 Å². The molecule has 7 aromatic carbocycles. The minimum absolute atomic E-state index is 0.506. The summed E-state index contributed by atoms with van der Waals surface area (Å²) in [5.74, 6) is 0. The third kappa shape index (κ3) is 2.89. The molecule has 10 rings (SSSR count). The van der Waals surface area contributed by atoms with Crippen LogP contribution in [0.25, 0.3) is 27.5 Å². The fourth-order valence-electron chi connectivity index (χ4n) is 8.95. The van der Waals surface area contributed by atoms with Crippen molar-refractivity contribution in [3.8, 4) is 5.69 Å². The Morgan fingerprint density at radius 1 is 0.289 bits per heavy atom. The van der Waals surface area contributed by atoms with E-state index in [1.807, 2.05) is 0 Å². The second-order valence-corrected chi connectivity index (χ2v) is 12.4. The van der Waals surface area contributed by atoms with Gasteiger partial charge in [0.25, 0.3) is 0 Å². The maximum atomic E-state index is 2.62. The lowest BCUT2D eigenvalue weighted by molar-refractivity contribution is 0.684. The summed E-state index contributed by atoms with van der Waals surface area (Å²) in [5, 5.41) is 2.61. The molecule has 0 saturated heterocycles. The molecule has 0 spiro atoms. The van der Waals surface area contributed by atoms with Crippen LogP contribution in [0.5, 0.6) is 0 Å². The molecule has 2 aliphatic rings. The Balaban J connectivity index is 1.53. The maximum Gasteiger partial charge on any atom is 0.0742 e. The van der Waals surface area contributed by atoms with E-state index in [2.05, 4.69) is 180 Å². The molecule has 2 aliphatic heterocycles. The number of fused-ring (bicyclic) bond motifs is 1. The summed E-state index contributed by atoms with van der Waals surface area (Å²) in [6.45, 7) is 0. The highest BCUT2D eigenvalue weighted by Gasteiger charge is 2.52. The average Bonchev–Trinajstić information content (AvgIpc) is 3.47. The molecule has 0 radical (unpaired) electrons. The predicted molar refractivity (Wildman–Crippen MR) is 185 cm³/mol. The number of para-hydroxylation sites is 3. The Hall–Kier alpha value is -5.66. The smallest absolute Gasteiger partial charge is 0.0742 e. The van der Waals surface area contributed by atoms with E-state index < -0.39 is 10.8 Å². The van der Waals surface area contributed by atoms with Gasteiger partial charge in [0.2, 0.25) is 0 Å². The first kappa shape index (κ1) is 24.7. The molecule has 1 nitrogen and oxygen atoms in total. The summed E-state index contributed by atoms with van der Waals surface area (Å²) < 4.78 is 2.62. The summed E-state index contributed by atoms with van der Waals surface area (Å²) in [4.78, 5) is 0. The second-order valence-electron chi connectivity index (χ2n) is 12.4. The SMILES string of the molecule is c1ccc(C2(c3ccccc3)c3cccc4c3-n3c5c2cccc5c2cccc(c23)C4(c2ccccc2)c2ccccc2)cc1. The lowest BCUT2D eigenvalue weighted by Crippen LogP contribution is -2.41. The van der Waals surface area contributed by atoms with E-state index in [9.17, 15) is 0 Å². The van der Waals surface area contributed by atoms with E-state index in [0.717, 1.165) is 0 Å². The number of aromatic nitrogens is 1. The largest absolute Gasteiger partial charge is 0.308 e. The number of hydrogen-bond donors (Lipinski definition) is 0. The normalized spacial score (nSPS) is 15.0. The molecule has 1 heteroatoms. The number of rotatable bonds is 4. The van der Waals surface area contributed by atoms with Crippen LogP contribution < -0.4 is 0 Å². The molecule has 45 heavy (non-hydrogen) atoms. The molecule has 0 unspecified atom stereocenters. The van der Waals surface area contributed by atoms with Gasteiger partial charge in [-0.25, -0.2) is 0 Å². The maximum absolute atomic E-state index is 2.62. The highest BCUT2D eigenvalue weighted by molar-refractivity contribution is 6.15. The molecule has 0 N–H and O–H groups in total. The molecule has 1 aromatic heterocycles. The average molecular weight is 572 g/mol. The zero-order valence-corrected chi connectivity index (χ0v) is 24.7. The van der Waals surface area contributed by atoms with Crippen molar-refractivity contribution in [1.82, 2.24) is 4.57 Å². The van der Waals surface area contributed by atoms with E-state index in [4.69, 9.17) is 0 Å². The van der Waals surface area contributed by atoms with Crippen molar-refractivity contribution in [2.75, 3.05) is 0 Å². The van der Waals surface area contributed by atoms with Crippen molar-refractivity contribution in [1.29, 1.82) is 0 Å². The highest BCUT2D eigenvalue weighted by atomic mass is 15.0. The van der Waals surface area contributed by atoms with Gasteiger partial charge >= 0.3 is 0 Å². The summed E-state index contributed by atoms with van der Waals surface area (Å²) in [6.07, 6.45) is 0. The minimum Gasteiger partial charge on any atom is -0.308 e. The van der Waals surface area contributed by atoms with Crippen LogP contribution in [0.15, 0.2) is 176 Å². The Labute approximate surface area is 262 Å². The van der Waals surface area contributed by atoms with Gasteiger partial charge < -0.3 is 4.57 Å². The van der Waals surface area contributed by atoms with Crippen LogP contribution in [0.3, 0.4) is 0 Å². The molecule has 0 fully saturated rings. The summed E-state index contributed by atoms with van der Waals surface area (Å²) >= 11 is 0. The zero-order valence-electron chi connectivity index (χ0n) is 24.7. The highest BCUT2D eigenvalue weighted by Crippen LogP contribution is 2.61. The minimum atomic E-state index is -0.506. The van der Waals surface area contributed by atoms with Gasteiger partial charge in [0.1, 0.15) is 0 Å². The quantitative estimate of drug-likeness (QED) is 0.198. The molecule has 210 valence electrons. The zero-order chi connectivity index (χ0) is 29.6. The van der Waals surface area contributed by atoms with Gasteiger partial charge in [-0.05, 0) is 44.5 Å². The van der Waals surface area contributed by atoms with Gasteiger partial charge in [-0.1, -0.05) is 176 Å². The molecule has 0 atom stereocenters. The molecular formula is C44H29N. The van der Waals surface area contributed by atoms with Crippen LogP contribution in [0.4, 0.5) is 0 Å². The summed E-state index contributed by atoms with van der Waals surface area (Å²) in [5.41, 5.74) is 13.3. The molecule has 0 aliphatic carbocycles. The van der Waals surface area contributed by atoms with E-state index in [-0.39, 0.29) is 0 Å². The molecular weight excluding hydrogens is 542 g/mol. The summed E-state index contributed by atoms with van der Waals surface area (Å²) in [6, 6.07) is 65.6. The summed E-state index contributed by atoms with van der Waals surface area (Å²) in [7, 11) is 0. The Morgan fingerprint density at radius 2 is 0.600 bits per heavy atom. The van der Waals surface area contributed by atoms with Gasteiger partial charge in [0.05, 0.1) is 27.6 Å². The second kappa shape index (κ2) is 8.94. The van der Waals surface area contributed by atoms with E-state index in [0.29, 0.717) is 0 Å². The van der Waals surface area contributed by atoms with E-state index in [1.54, 1.807) is 0 Å². The van der Waals surface area contributed by atoms with Gasteiger partial charge in [0.15, 0.2) is 0 Å². The van der Waals surface area contributed by atoms with Crippen molar-refractivity contribution in [2.24, 2.45) is 0 Å². The van der Waals surface area contributed by atoms with E-state index in [1.165, 1.54) is 72.0 Å². The van der Waals surface area contributed by atoms with Gasteiger partial charge in [-0.3, -0.25) is 0 Å². The Kier molecular flexibility index (Phi) is 4.91. The molecule has 0 saturated carbocycles. The van der Waals surface area contributed by atoms with Crippen LogP contribution in [0, 0.1) is 0 Å². The van der Waals surface area contributed by atoms with Crippen LogP contribution >= 0.6 is 0 Å². The van der Waals surface area contributed by atoms with Crippen LogP contribution in [-0.4, -0.2) is 4.57 Å². The third-order valence-electron chi connectivity index (χ3n) is 10.5. The first-order chi connectivity index (χ1) is 22.4. The Bertz CT molecular complexity index is 2160. The lowest BCUT2D eigenvalue weighted by atomic mass is 9.58. The molecule has 3 heterocycles. The third-order valence-corrected chi connectivity index (χ3v) is 10.5.